The van der Waals surface area contributed by atoms with Crippen LogP contribution in [0.25, 0.3) is 0 Å². The van der Waals surface area contributed by atoms with Gasteiger partial charge in [0, 0.05) is 24.1 Å². The Labute approximate surface area is 172 Å². The van der Waals surface area contributed by atoms with Crippen LogP contribution in [0.5, 0.6) is 0 Å². The highest BCUT2D eigenvalue weighted by Crippen LogP contribution is 2.65. The lowest BCUT2D eigenvalue weighted by atomic mass is 9.47. The Bertz CT molecular complexity index is 817. The van der Waals surface area contributed by atoms with Crippen LogP contribution in [-0.2, 0) is 14.3 Å². The number of benzene rings is 1. The molecule has 0 aliphatic heterocycles. The molecule has 4 fully saturated rings. The molecule has 4 saturated carbocycles. The minimum atomic E-state index is -5.00. The van der Waals surface area contributed by atoms with Gasteiger partial charge in [0.2, 0.25) is 0 Å². The first-order valence-electron chi connectivity index (χ1n) is 9.82. The Kier molecular flexibility index (Phi) is 4.88. The molecule has 4 aliphatic rings. The Morgan fingerprint density at radius 1 is 1.21 bits per heavy atom. The number of ether oxygens (including phenoxy) is 1. The maximum absolute atomic E-state index is 13.1. The molecule has 5 rings (SSSR count). The van der Waals surface area contributed by atoms with Gasteiger partial charge in [-0.3, -0.25) is 9.59 Å². The van der Waals surface area contributed by atoms with Crippen LogP contribution >= 0.6 is 11.6 Å². The van der Waals surface area contributed by atoms with Crippen LogP contribution in [0.3, 0.4) is 0 Å². The van der Waals surface area contributed by atoms with Crippen molar-refractivity contribution < 1.29 is 27.5 Å². The molecule has 4 bridgehead atoms. The predicted octanol–water partition coefficient (Wildman–Crippen LogP) is 4.53. The van der Waals surface area contributed by atoms with Crippen molar-refractivity contribution in [2.45, 2.75) is 61.7 Å². The maximum Gasteiger partial charge on any atom is 0.471 e. The molecule has 1 N–H and O–H groups in total. The lowest BCUT2D eigenvalue weighted by Gasteiger charge is -2.64. The minimum Gasteiger partial charge on any atom is -0.459 e. The van der Waals surface area contributed by atoms with Crippen LogP contribution in [0.2, 0.25) is 0 Å². The van der Waals surface area contributed by atoms with E-state index in [1.807, 2.05) is 0 Å². The molecule has 1 aromatic carbocycles. The first kappa shape index (κ1) is 20.5. The molecule has 4 nitrogen and oxygen atoms in total. The second kappa shape index (κ2) is 6.89. The van der Waals surface area contributed by atoms with Crippen molar-refractivity contribution in [2.24, 2.45) is 17.8 Å². The molecule has 0 spiro atoms. The average Bonchev–Trinajstić information content (AvgIpc) is 2.57. The molecule has 1 aromatic rings. The monoisotopic (exact) mass is 429 g/mol. The molecule has 29 heavy (non-hydrogen) atoms. The molecule has 0 radical (unpaired) electrons. The van der Waals surface area contributed by atoms with Gasteiger partial charge in [-0.05, 0) is 43.1 Å². The van der Waals surface area contributed by atoms with Crippen molar-refractivity contribution in [2.75, 3.05) is 0 Å². The summed E-state index contributed by atoms with van der Waals surface area (Å²) in [7, 11) is 0. The third-order valence-corrected chi connectivity index (χ3v) is 7.14. The number of esters is 1. The van der Waals surface area contributed by atoms with E-state index in [0.29, 0.717) is 24.8 Å². The average molecular weight is 430 g/mol. The quantitative estimate of drug-likeness (QED) is 0.565. The standard InChI is InChI=1S/C21H23ClF3NO3/c1-12(27)29-20-9-13-7-15(10-19(22,8-13)11-20)16(20)17(14-5-3-2-4-6-14)26-18(28)21(23,24)25/h2-6,13,15-17H,7-11H2,1H3,(H,26,28)/t13-,15?,16+,17-,19-,20-/m0/s1. The van der Waals surface area contributed by atoms with Gasteiger partial charge >= 0.3 is 18.1 Å². The van der Waals surface area contributed by atoms with Gasteiger partial charge in [-0.1, -0.05) is 30.3 Å². The summed E-state index contributed by atoms with van der Waals surface area (Å²) in [6.45, 7) is 1.31. The molecule has 0 aromatic heterocycles. The highest BCUT2D eigenvalue weighted by atomic mass is 35.5. The van der Waals surface area contributed by atoms with Gasteiger partial charge in [-0.15, -0.1) is 11.6 Å². The summed E-state index contributed by atoms with van der Waals surface area (Å²) < 4.78 is 45.1. The third kappa shape index (κ3) is 3.74. The first-order valence-corrected chi connectivity index (χ1v) is 10.2. The van der Waals surface area contributed by atoms with Crippen molar-refractivity contribution in [3.63, 3.8) is 0 Å². The molecule has 1 amide bonds. The summed E-state index contributed by atoms with van der Waals surface area (Å²) in [5, 5.41) is 2.21. The topological polar surface area (TPSA) is 55.4 Å². The fraction of sp³-hybridized carbons (Fsp3) is 0.619. The van der Waals surface area contributed by atoms with E-state index in [-0.39, 0.29) is 11.8 Å². The zero-order valence-electron chi connectivity index (χ0n) is 16.0. The van der Waals surface area contributed by atoms with Gasteiger partial charge in [0.1, 0.15) is 5.60 Å². The summed E-state index contributed by atoms with van der Waals surface area (Å²) >= 11 is 6.84. The molecule has 4 aliphatic carbocycles. The van der Waals surface area contributed by atoms with E-state index < -0.39 is 40.5 Å². The normalized spacial score (nSPS) is 36.5. The molecule has 6 atom stereocenters. The number of hydrogen-bond acceptors (Lipinski definition) is 3. The van der Waals surface area contributed by atoms with E-state index in [1.54, 1.807) is 30.3 Å². The van der Waals surface area contributed by atoms with E-state index in [0.717, 1.165) is 12.8 Å². The SMILES string of the molecule is CC(=O)O[C@@]12C[C@H]3CC(C[C@@](Cl)(C3)C1)[C@@H]2[C@@H](NC(=O)C(F)(F)F)c1ccccc1. The van der Waals surface area contributed by atoms with Crippen LogP contribution < -0.4 is 5.32 Å². The first-order chi connectivity index (χ1) is 13.5. The lowest BCUT2D eigenvalue weighted by Crippen LogP contribution is -2.66. The molecule has 158 valence electrons. The van der Waals surface area contributed by atoms with E-state index >= 15 is 0 Å². The largest absolute Gasteiger partial charge is 0.471 e. The Morgan fingerprint density at radius 2 is 1.90 bits per heavy atom. The summed E-state index contributed by atoms with van der Waals surface area (Å²) in [6.07, 6.45) is -1.76. The minimum absolute atomic E-state index is 0.0353. The van der Waals surface area contributed by atoms with Crippen LogP contribution in [0.4, 0.5) is 13.2 Å². The van der Waals surface area contributed by atoms with Gasteiger partial charge in [-0.25, -0.2) is 0 Å². The van der Waals surface area contributed by atoms with E-state index in [1.165, 1.54) is 6.92 Å². The number of amides is 1. The number of halogens is 4. The third-order valence-electron chi connectivity index (χ3n) is 6.69. The Morgan fingerprint density at radius 3 is 2.48 bits per heavy atom. The Balaban J connectivity index is 1.78. The zero-order chi connectivity index (χ0) is 21.0. The molecule has 0 heterocycles. The van der Waals surface area contributed by atoms with Crippen molar-refractivity contribution >= 4 is 23.5 Å². The van der Waals surface area contributed by atoms with Gasteiger partial charge in [0.25, 0.3) is 0 Å². The van der Waals surface area contributed by atoms with Gasteiger partial charge < -0.3 is 10.1 Å². The number of alkyl halides is 4. The van der Waals surface area contributed by atoms with Gasteiger partial charge in [0.05, 0.1) is 6.04 Å². The second-order valence-electron chi connectivity index (χ2n) is 8.85. The smallest absolute Gasteiger partial charge is 0.459 e. The lowest BCUT2D eigenvalue weighted by molar-refractivity contribution is -0.210. The highest BCUT2D eigenvalue weighted by molar-refractivity contribution is 6.24. The summed E-state index contributed by atoms with van der Waals surface area (Å²) in [5.74, 6) is -2.70. The number of nitrogens with one attached hydrogen (secondary N) is 1. The molecule has 0 saturated heterocycles. The maximum atomic E-state index is 13.1. The summed E-state index contributed by atoms with van der Waals surface area (Å²) in [5.41, 5.74) is -0.408. The zero-order valence-corrected chi connectivity index (χ0v) is 16.7. The molecular formula is C21H23ClF3NO3. The molecular weight excluding hydrogens is 407 g/mol. The van der Waals surface area contributed by atoms with Gasteiger partial charge in [-0.2, -0.15) is 13.2 Å². The van der Waals surface area contributed by atoms with Crippen molar-refractivity contribution in [3.05, 3.63) is 35.9 Å². The summed E-state index contributed by atoms with van der Waals surface area (Å²) in [6, 6.07) is 7.68. The molecule has 8 heteroatoms. The number of carbonyl (C=O) groups is 2. The van der Waals surface area contributed by atoms with E-state index in [4.69, 9.17) is 16.3 Å². The number of hydrogen-bond donors (Lipinski definition) is 1. The molecule has 1 unspecified atom stereocenters. The van der Waals surface area contributed by atoms with Gasteiger partial charge in [0.15, 0.2) is 0 Å². The van der Waals surface area contributed by atoms with Crippen molar-refractivity contribution in [1.82, 2.24) is 5.32 Å². The predicted molar refractivity (Wildman–Crippen MR) is 100 cm³/mol. The van der Waals surface area contributed by atoms with E-state index in [2.05, 4.69) is 5.32 Å². The van der Waals surface area contributed by atoms with Crippen molar-refractivity contribution in [1.29, 1.82) is 0 Å². The van der Waals surface area contributed by atoms with Crippen LogP contribution in [0.15, 0.2) is 30.3 Å². The highest BCUT2D eigenvalue weighted by Gasteiger charge is 2.66. The summed E-state index contributed by atoms with van der Waals surface area (Å²) in [4.78, 5) is 23.4. The second-order valence-corrected chi connectivity index (χ2v) is 9.65. The van der Waals surface area contributed by atoms with Crippen LogP contribution in [-0.4, -0.2) is 28.5 Å². The van der Waals surface area contributed by atoms with Crippen LogP contribution in [0, 0.1) is 17.8 Å². The fourth-order valence-electron chi connectivity index (χ4n) is 6.29. The van der Waals surface area contributed by atoms with E-state index in [9.17, 15) is 22.8 Å². The number of carbonyl (C=O) groups excluding carboxylic acids is 2. The number of rotatable bonds is 4. The van der Waals surface area contributed by atoms with Crippen LogP contribution in [0.1, 0.15) is 50.6 Å². The Hall–Kier alpha value is -1.76. The fourth-order valence-corrected chi connectivity index (χ4v) is 6.93. The van der Waals surface area contributed by atoms with Crippen molar-refractivity contribution in [3.8, 4) is 0 Å².